The first-order chi connectivity index (χ1) is 10.8. The first-order valence-electron chi connectivity index (χ1n) is 6.93. The van der Waals surface area contributed by atoms with Gasteiger partial charge < -0.3 is 14.4 Å². The van der Waals surface area contributed by atoms with Crippen LogP contribution in [0.5, 0.6) is 11.8 Å². The largest absolute Gasteiger partial charge is 0.480 e. The van der Waals surface area contributed by atoms with E-state index in [0.717, 1.165) is 12.8 Å². The number of aromatic amines is 1. The molecule has 1 saturated heterocycles. The van der Waals surface area contributed by atoms with Gasteiger partial charge in [0.2, 0.25) is 17.6 Å². The second-order valence-corrected chi connectivity index (χ2v) is 4.87. The number of nitrogens with one attached hydrogen (secondary N) is 1. The molecule has 0 aromatic carbocycles. The van der Waals surface area contributed by atoms with Crippen molar-refractivity contribution in [2.24, 2.45) is 0 Å². The van der Waals surface area contributed by atoms with E-state index in [1.165, 1.54) is 25.8 Å². The maximum absolute atomic E-state index is 12.2. The van der Waals surface area contributed by atoms with Gasteiger partial charge in [-0.25, -0.2) is 4.98 Å². The molecule has 0 aliphatic carbocycles. The van der Waals surface area contributed by atoms with Gasteiger partial charge in [-0.3, -0.25) is 14.9 Å². The molecule has 1 aliphatic rings. The van der Waals surface area contributed by atoms with Crippen LogP contribution in [0.4, 0.5) is 0 Å². The quantitative estimate of drug-likeness (QED) is 0.865. The predicted octanol–water partition coefficient (Wildman–Crippen LogP) is 0.287. The Morgan fingerprint density at radius 1 is 1.41 bits per heavy atom. The van der Waals surface area contributed by atoms with Crippen LogP contribution < -0.4 is 9.47 Å². The molecule has 1 N–H and O–H groups in total. The summed E-state index contributed by atoms with van der Waals surface area (Å²) in [6.07, 6.45) is 5.91. The third-order valence-corrected chi connectivity index (χ3v) is 3.37. The van der Waals surface area contributed by atoms with Gasteiger partial charge in [0.15, 0.2) is 0 Å². The Balaban J connectivity index is 1.64. The van der Waals surface area contributed by atoms with Gasteiger partial charge in [0.05, 0.1) is 26.0 Å². The molecule has 1 fully saturated rings. The van der Waals surface area contributed by atoms with Crippen molar-refractivity contribution in [2.75, 3.05) is 20.2 Å². The molecule has 3 rings (SSSR count). The average molecular weight is 304 g/mol. The molecule has 1 amide bonds. The van der Waals surface area contributed by atoms with Crippen molar-refractivity contribution >= 4 is 5.91 Å². The van der Waals surface area contributed by atoms with Gasteiger partial charge in [-0.15, -0.1) is 0 Å². The van der Waals surface area contributed by atoms with E-state index in [9.17, 15) is 4.79 Å². The molecule has 2 aromatic heterocycles. The fraction of sp³-hybridized carbons (Fsp3) is 0.462. The minimum absolute atomic E-state index is 0.137. The number of hydrogen-bond donors (Lipinski definition) is 1. The van der Waals surface area contributed by atoms with Gasteiger partial charge in [0.1, 0.15) is 12.4 Å². The third-order valence-electron chi connectivity index (χ3n) is 3.37. The lowest BCUT2D eigenvalue weighted by Crippen LogP contribution is -2.44. The Bertz CT molecular complexity index is 632. The van der Waals surface area contributed by atoms with Gasteiger partial charge in [0, 0.05) is 6.54 Å². The summed E-state index contributed by atoms with van der Waals surface area (Å²) < 4.78 is 10.8. The molecule has 3 heterocycles. The van der Waals surface area contributed by atoms with Gasteiger partial charge in [-0.1, -0.05) is 0 Å². The van der Waals surface area contributed by atoms with E-state index in [2.05, 4.69) is 25.1 Å². The summed E-state index contributed by atoms with van der Waals surface area (Å²) in [6.45, 7) is 1.14. The number of piperidine rings is 1. The number of nitrogens with zero attached hydrogens (tertiary/aromatic N) is 5. The van der Waals surface area contributed by atoms with Gasteiger partial charge in [-0.2, -0.15) is 10.1 Å². The van der Waals surface area contributed by atoms with Gasteiger partial charge in [-0.05, 0) is 12.8 Å². The highest BCUT2D eigenvalue weighted by Gasteiger charge is 2.27. The van der Waals surface area contributed by atoms with Crippen LogP contribution >= 0.6 is 0 Å². The number of likely N-dealkylation sites (tertiary alicyclic amines) is 1. The van der Waals surface area contributed by atoms with Crippen molar-refractivity contribution in [3.63, 3.8) is 0 Å². The number of amides is 1. The highest BCUT2D eigenvalue weighted by atomic mass is 16.5. The lowest BCUT2D eigenvalue weighted by molar-refractivity contribution is 0.0515. The number of aromatic nitrogens is 5. The van der Waals surface area contributed by atoms with Crippen molar-refractivity contribution in [2.45, 2.75) is 18.9 Å². The van der Waals surface area contributed by atoms with Crippen LogP contribution in [0.25, 0.3) is 0 Å². The van der Waals surface area contributed by atoms with Gasteiger partial charge in [0.25, 0.3) is 5.91 Å². The molecular formula is C13H16N6O3. The molecule has 0 spiro atoms. The Labute approximate surface area is 126 Å². The predicted molar refractivity (Wildman–Crippen MR) is 74.5 cm³/mol. The standard InChI is InChI=1S/C13H16N6O3/c1-21-10-5-14-6-11(17-10)22-9-3-2-4-19(7-9)13(20)12-15-8-16-18-12/h5-6,8-9H,2-4,7H2,1H3,(H,15,16,18). The molecular weight excluding hydrogens is 288 g/mol. The molecule has 1 unspecified atom stereocenters. The number of methoxy groups -OCH3 is 1. The fourth-order valence-corrected chi connectivity index (χ4v) is 2.33. The highest BCUT2D eigenvalue weighted by molar-refractivity contribution is 5.90. The molecule has 0 bridgehead atoms. The first-order valence-corrected chi connectivity index (χ1v) is 6.93. The minimum Gasteiger partial charge on any atom is -0.480 e. The molecule has 9 heteroatoms. The first kappa shape index (κ1) is 14.2. The maximum atomic E-state index is 12.2. The summed E-state index contributed by atoms with van der Waals surface area (Å²) in [5.74, 6) is 0.838. The lowest BCUT2D eigenvalue weighted by Gasteiger charge is -2.31. The van der Waals surface area contributed by atoms with Crippen molar-refractivity contribution in [1.82, 2.24) is 30.0 Å². The average Bonchev–Trinajstić information content (AvgIpc) is 3.09. The Kier molecular flexibility index (Phi) is 4.12. The van der Waals surface area contributed by atoms with Crippen molar-refractivity contribution in [3.8, 4) is 11.8 Å². The highest BCUT2D eigenvalue weighted by Crippen LogP contribution is 2.18. The van der Waals surface area contributed by atoms with Crippen LogP contribution in [-0.4, -0.2) is 62.3 Å². The number of hydrogen-bond acceptors (Lipinski definition) is 7. The van der Waals surface area contributed by atoms with Crippen LogP contribution in [0.3, 0.4) is 0 Å². The molecule has 1 atom stereocenters. The smallest absolute Gasteiger partial charge is 0.291 e. The summed E-state index contributed by atoms with van der Waals surface area (Å²) in [7, 11) is 1.52. The molecule has 0 radical (unpaired) electrons. The summed E-state index contributed by atoms with van der Waals surface area (Å²) in [4.78, 5) is 26.0. The SMILES string of the molecule is COc1cncc(OC2CCCN(C(=O)c3ncn[nH]3)C2)n1. The van der Waals surface area contributed by atoms with E-state index < -0.39 is 0 Å². The number of ether oxygens (including phenoxy) is 2. The molecule has 9 nitrogen and oxygen atoms in total. The summed E-state index contributed by atoms with van der Waals surface area (Å²) >= 11 is 0. The molecule has 2 aromatic rings. The molecule has 0 saturated carbocycles. The van der Waals surface area contributed by atoms with Crippen LogP contribution in [0, 0.1) is 0 Å². The topological polar surface area (TPSA) is 106 Å². The maximum Gasteiger partial charge on any atom is 0.291 e. The van der Waals surface area contributed by atoms with E-state index in [1.54, 1.807) is 4.90 Å². The summed E-state index contributed by atoms with van der Waals surface area (Å²) in [6, 6.07) is 0. The normalized spacial score (nSPS) is 18.0. The summed E-state index contributed by atoms with van der Waals surface area (Å²) in [5, 5.41) is 6.28. The van der Waals surface area contributed by atoms with Crippen LogP contribution in [0.2, 0.25) is 0 Å². The fourth-order valence-electron chi connectivity index (χ4n) is 2.33. The minimum atomic E-state index is -0.178. The molecule has 22 heavy (non-hydrogen) atoms. The van der Waals surface area contributed by atoms with E-state index in [0.29, 0.717) is 24.8 Å². The second-order valence-electron chi connectivity index (χ2n) is 4.87. The zero-order valence-corrected chi connectivity index (χ0v) is 12.1. The van der Waals surface area contributed by atoms with E-state index in [-0.39, 0.29) is 17.8 Å². The van der Waals surface area contributed by atoms with Gasteiger partial charge >= 0.3 is 0 Å². The Morgan fingerprint density at radius 3 is 3.05 bits per heavy atom. The number of carbonyl (C=O) groups is 1. The molecule has 116 valence electrons. The van der Waals surface area contributed by atoms with Crippen molar-refractivity contribution in [3.05, 3.63) is 24.5 Å². The lowest BCUT2D eigenvalue weighted by atomic mass is 10.1. The second kappa shape index (κ2) is 6.37. The van der Waals surface area contributed by atoms with Crippen molar-refractivity contribution < 1.29 is 14.3 Å². The summed E-state index contributed by atoms with van der Waals surface area (Å²) in [5.41, 5.74) is 0. The molecule has 1 aliphatic heterocycles. The van der Waals surface area contributed by atoms with E-state index >= 15 is 0 Å². The number of H-pyrrole nitrogens is 1. The Hall–Kier alpha value is -2.71. The third kappa shape index (κ3) is 3.13. The number of carbonyl (C=O) groups excluding carboxylic acids is 1. The zero-order valence-electron chi connectivity index (χ0n) is 12.1. The number of rotatable bonds is 4. The van der Waals surface area contributed by atoms with Crippen LogP contribution in [0.15, 0.2) is 18.7 Å². The zero-order chi connectivity index (χ0) is 15.4. The van der Waals surface area contributed by atoms with Crippen LogP contribution in [0.1, 0.15) is 23.5 Å². The Morgan fingerprint density at radius 2 is 2.27 bits per heavy atom. The van der Waals surface area contributed by atoms with E-state index in [1.807, 2.05) is 0 Å². The monoisotopic (exact) mass is 304 g/mol. The van der Waals surface area contributed by atoms with Crippen molar-refractivity contribution in [1.29, 1.82) is 0 Å². The van der Waals surface area contributed by atoms with E-state index in [4.69, 9.17) is 9.47 Å². The van der Waals surface area contributed by atoms with Crippen LogP contribution in [-0.2, 0) is 0 Å².